The van der Waals surface area contributed by atoms with Crippen LogP contribution in [-0.4, -0.2) is 29.3 Å². The first-order valence-corrected chi connectivity index (χ1v) is 9.02. The number of ether oxygens (including phenoxy) is 2. The van der Waals surface area contributed by atoms with Crippen molar-refractivity contribution in [2.45, 2.75) is 20.0 Å². The van der Waals surface area contributed by atoms with Gasteiger partial charge in [-0.3, -0.25) is 10.1 Å². The minimum Gasteiger partial charge on any atom is -0.493 e. The zero-order chi connectivity index (χ0) is 20.4. The highest BCUT2D eigenvalue weighted by molar-refractivity contribution is 6.03. The average Bonchev–Trinajstić information content (AvgIpc) is 3.34. The third kappa shape index (κ3) is 3.91. The molecule has 0 atom stereocenters. The van der Waals surface area contributed by atoms with Gasteiger partial charge in [-0.1, -0.05) is 17.2 Å². The number of hydrogen-bond acceptors (Lipinski definition) is 7. The largest absolute Gasteiger partial charge is 0.493 e. The number of anilines is 1. The number of nitrogens with one attached hydrogen (secondary N) is 1. The minimum atomic E-state index is -0.373. The Morgan fingerprint density at radius 2 is 1.86 bits per heavy atom. The van der Waals surface area contributed by atoms with Gasteiger partial charge >= 0.3 is 6.01 Å². The van der Waals surface area contributed by atoms with Gasteiger partial charge in [0.25, 0.3) is 11.8 Å². The minimum absolute atomic E-state index is 0.0278. The molecule has 0 aliphatic rings. The molecule has 0 aliphatic carbocycles. The summed E-state index contributed by atoms with van der Waals surface area (Å²) in [6.45, 7) is 3.87. The predicted octanol–water partition coefficient (Wildman–Crippen LogP) is 4.53. The smallest absolute Gasteiger partial charge is 0.322 e. The number of hydrogen-bond donors (Lipinski definition) is 1. The highest BCUT2D eigenvalue weighted by Crippen LogP contribution is 2.33. The first kappa shape index (κ1) is 18.5. The normalized spacial score (nSPS) is 11.0. The molecule has 4 aromatic rings. The van der Waals surface area contributed by atoms with Crippen molar-refractivity contribution >= 4 is 22.9 Å². The van der Waals surface area contributed by atoms with Crippen LogP contribution in [0.3, 0.4) is 0 Å². The molecule has 8 heteroatoms. The van der Waals surface area contributed by atoms with Crippen LogP contribution in [0.5, 0.6) is 11.5 Å². The summed E-state index contributed by atoms with van der Waals surface area (Å²) in [5, 5.41) is 11.2. The number of aromatic nitrogens is 2. The number of furan rings is 1. The van der Waals surface area contributed by atoms with E-state index in [0.29, 0.717) is 28.4 Å². The van der Waals surface area contributed by atoms with Gasteiger partial charge in [0.05, 0.1) is 13.2 Å². The van der Waals surface area contributed by atoms with Crippen LogP contribution in [0.4, 0.5) is 6.01 Å². The molecule has 1 amide bonds. The van der Waals surface area contributed by atoms with Gasteiger partial charge in [-0.2, -0.15) is 0 Å². The Hall–Kier alpha value is -3.81. The maximum Gasteiger partial charge on any atom is 0.322 e. The van der Waals surface area contributed by atoms with Crippen LogP contribution in [-0.2, 0) is 0 Å². The van der Waals surface area contributed by atoms with Gasteiger partial charge in [0, 0.05) is 10.9 Å². The fourth-order valence-corrected chi connectivity index (χ4v) is 2.80. The Labute approximate surface area is 166 Å². The van der Waals surface area contributed by atoms with E-state index in [1.807, 2.05) is 26.0 Å². The Morgan fingerprint density at radius 3 is 2.59 bits per heavy atom. The van der Waals surface area contributed by atoms with Crippen molar-refractivity contribution in [2.24, 2.45) is 0 Å². The Morgan fingerprint density at radius 1 is 1.07 bits per heavy atom. The average molecular weight is 393 g/mol. The maximum absolute atomic E-state index is 12.4. The molecule has 8 nitrogen and oxygen atoms in total. The molecule has 4 rings (SSSR count). The number of fused-ring (bicyclic) bond motifs is 1. The molecule has 0 saturated carbocycles. The van der Waals surface area contributed by atoms with Crippen LogP contribution in [0.25, 0.3) is 22.6 Å². The van der Waals surface area contributed by atoms with Crippen molar-refractivity contribution in [3.05, 3.63) is 54.1 Å². The molecule has 0 unspecified atom stereocenters. The molecule has 1 N–H and O–H groups in total. The number of amides is 1. The summed E-state index contributed by atoms with van der Waals surface area (Å²) in [4.78, 5) is 12.4. The highest BCUT2D eigenvalue weighted by atomic mass is 16.5. The zero-order valence-electron chi connectivity index (χ0n) is 16.1. The molecule has 148 valence electrons. The SMILES string of the molecule is COc1cccc2cc(-c3nnc(NC(=O)c4ccc(OC(C)C)cc4)o3)oc12. The molecule has 0 saturated heterocycles. The number of methoxy groups -OCH3 is 1. The van der Waals surface area contributed by atoms with Crippen LogP contribution < -0.4 is 14.8 Å². The van der Waals surface area contributed by atoms with Crippen LogP contribution in [0.2, 0.25) is 0 Å². The molecule has 0 fully saturated rings. The number of rotatable bonds is 6. The topological polar surface area (TPSA) is 99.6 Å². The van der Waals surface area contributed by atoms with Gasteiger partial charge in [0.15, 0.2) is 17.1 Å². The summed E-state index contributed by atoms with van der Waals surface area (Å²) >= 11 is 0. The van der Waals surface area contributed by atoms with E-state index in [2.05, 4.69) is 15.5 Å². The fraction of sp³-hybridized carbons (Fsp3) is 0.190. The van der Waals surface area contributed by atoms with E-state index in [1.165, 1.54) is 0 Å². The fourth-order valence-electron chi connectivity index (χ4n) is 2.80. The lowest BCUT2D eigenvalue weighted by molar-refractivity contribution is 0.102. The molecule has 0 bridgehead atoms. The predicted molar refractivity (Wildman–Crippen MR) is 106 cm³/mol. The lowest BCUT2D eigenvalue weighted by Crippen LogP contribution is -2.12. The number of carbonyl (C=O) groups is 1. The van der Waals surface area contributed by atoms with E-state index < -0.39 is 0 Å². The zero-order valence-corrected chi connectivity index (χ0v) is 16.1. The van der Waals surface area contributed by atoms with Crippen molar-refractivity contribution in [3.63, 3.8) is 0 Å². The van der Waals surface area contributed by atoms with Gasteiger partial charge in [0.2, 0.25) is 0 Å². The van der Waals surface area contributed by atoms with E-state index in [4.69, 9.17) is 18.3 Å². The monoisotopic (exact) mass is 393 g/mol. The molecule has 29 heavy (non-hydrogen) atoms. The van der Waals surface area contributed by atoms with Gasteiger partial charge < -0.3 is 18.3 Å². The quantitative estimate of drug-likeness (QED) is 0.514. The van der Waals surface area contributed by atoms with Crippen molar-refractivity contribution in [1.29, 1.82) is 0 Å². The molecule has 0 aliphatic heterocycles. The van der Waals surface area contributed by atoms with E-state index in [-0.39, 0.29) is 23.9 Å². The first-order chi connectivity index (χ1) is 14.0. The molecule has 0 radical (unpaired) electrons. The molecular weight excluding hydrogens is 374 g/mol. The van der Waals surface area contributed by atoms with E-state index >= 15 is 0 Å². The van der Waals surface area contributed by atoms with Gasteiger partial charge in [0.1, 0.15) is 5.75 Å². The second-order valence-corrected chi connectivity index (χ2v) is 6.55. The second-order valence-electron chi connectivity index (χ2n) is 6.55. The second kappa shape index (κ2) is 7.67. The van der Waals surface area contributed by atoms with Crippen molar-refractivity contribution in [1.82, 2.24) is 10.2 Å². The highest BCUT2D eigenvalue weighted by Gasteiger charge is 2.17. The number of nitrogens with zero attached hydrogens (tertiary/aromatic N) is 2. The summed E-state index contributed by atoms with van der Waals surface area (Å²) in [5.41, 5.74) is 1.02. The molecule has 2 aromatic heterocycles. The Balaban J connectivity index is 1.50. The molecular formula is C21H19N3O5. The lowest BCUT2D eigenvalue weighted by atomic mass is 10.2. The van der Waals surface area contributed by atoms with Gasteiger partial charge in [-0.05, 0) is 50.2 Å². The maximum atomic E-state index is 12.4. The van der Waals surface area contributed by atoms with Crippen LogP contribution in [0.15, 0.2) is 57.4 Å². The molecule has 0 spiro atoms. The summed E-state index contributed by atoms with van der Waals surface area (Å²) in [5.74, 6) is 1.46. The van der Waals surface area contributed by atoms with Gasteiger partial charge in [-0.25, -0.2) is 0 Å². The van der Waals surface area contributed by atoms with Crippen LogP contribution >= 0.6 is 0 Å². The summed E-state index contributed by atoms with van der Waals surface area (Å²) in [6.07, 6.45) is 0.0599. The first-order valence-electron chi connectivity index (χ1n) is 9.02. The summed E-state index contributed by atoms with van der Waals surface area (Å²) < 4.78 is 22.2. The van der Waals surface area contributed by atoms with Crippen LogP contribution in [0, 0.1) is 0 Å². The van der Waals surface area contributed by atoms with Crippen LogP contribution in [0.1, 0.15) is 24.2 Å². The standard InChI is InChI=1S/C21H19N3O5/c1-12(2)27-15-9-7-13(8-10-15)19(25)22-21-24-23-20(29-21)17-11-14-5-4-6-16(26-3)18(14)28-17/h4-12H,1-3H3,(H,22,24,25). The van der Waals surface area contributed by atoms with E-state index in [0.717, 1.165) is 5.39 Å². The number of para-hydroxylation sites is 1. The lowest BCUT2D eigenvalue weighted by Gasteiger charge is -2.09. The third-order valence-electron chi connectivity index (χ3n) is 4.07. The van der Waals surface area contributed by atoms with E-state index in [1.54, 1.807) is 43.5 Å². The van der Waals surface area contributed by atoms with Crippen molar-refractivity contribution < 1.29 is 23.1 Å². The van der Waals surface area contributed by atoms with E-state index in [9.17, 15) is 4.79 Å². The summed E-state index contributed by atoms with van der Waals surface area (Å²) in [6, 6.07) is 14.1. The number of carbonyl (C=O) groups excluding carboxylic acids is 1. The molecule has 2 aromatic carbocycles. The number of benzene rings is 2. The van der Waals surface area contributed by atoms with Crippen molar-refractivity contribution in [3.8, 4) is 23.1 Å². The Bertz CT molecular complexity index is 1140. The molecule has 2 heterocycles. The third-order valence-corrected chi connectivity index (χ3v) is 4.07. The van der Waals surface area contributed by atoms with Crippen molar-refractivity contribution in [2.75, 3.05) is 12.4 Å². The Kier molecular flexibility index (Phi) is 4.90. The van der Waals surface area contributed by atoms with Gasteiger partial charge in [-0.15, -0.1) is 5.10 Å². The summed E-state index contributed by atoms with van der Waals surface area (Å²) in [7, 11) is 1.57.